The van der Waals surface area contributed by atoms with Crippen LogP contribution in [0.25, 0.3) is 11.1 Å². The second-order valence-corrected chi connectivity index (χ2v) is 14.8. The SMILES string of the molecule is C=C(C)CC[C@@H](C(=O)N[C@@H](CC(=O)OCC)c1cc(-c2c(C)cc(F)cc2CCCC=CC)cc(C(F)(F)F)c1F)n1cc(CCN2CC(F)C2)c(C(F)(F)F)cc1=O. The van der Waals surface area contributed by atoms with E-state index in [1.807, 2.05) is 19.1 Å². The van der Waals surface area contributed by atoms with Gasteiger partial charge in [0, 0.05) is 37.5 Å². The van der Waals surface area contributed by atoms with Gasteiger partial charge in [-0.3, -0.25) is 19.3 Å². The highest BCUT2D eigenvalue weighted by Crippen LogP contribution is 2.41. The number of unbranched alkanes of at least 4 members (excludes halogenated alkanes) is 1. The van der Waals surface area contributed by atoms with E-state index in [9.17, 15) is 49.5 Å². The second-order valence-electron chi connectivity index (χ2n) is 14.8. The number of esters is 1. The lowest BCUT2D eigenvalue weighted by Gasteiger charge is -2.34. The van der Waals surface area contributed by atoms with Crippen molar-refractivity contribution in [3.05, 3.63) is 116 Å². The first-order valence-corrected chi connectivity index (χ1v) is 19.2. The highest BCUT2D eigenvalue weighted by atomic mass is 19.4. The van der Waals surface area contributed by atoms with E-state index in [-0.39, 0.29) is 74.2 Å². The van der Waals surface area contributed by atoms with Gasteiger partial charge in [-0.15, -0.1) is 6.58 Å². The lowest BCUT2D eigenvalue weighted by molar-refractivity contribution is -0.144. The molecule has 0 spiro atoms. The minimum Gasteiger partial charge on any atom is -0.466 e. The summed E-state index contributed by atoms with van der Waals surface area (Å²) >= 11 is 0. The summed E-state index contributed by atoms with van der Waals surface area (Å²) in [5.74, 6) is -4.63. The van der Waals surface area contributed by atoms with Crippen LogP contribution in [0.3, 0.4) is 0 Å². The van der Waals surface area contributed by atoms with Crippen molar-refractivity contribution in [2.45, 2.75) is 103 Å². The minimum atomic E-state index is -5.29. The van der Waals surface area contributed by atoms with Crippen LogP contribution >= 0.6 is 0 Å². The molecule has 0 unspecified atom stereocenters. The second kappa shape index (κ2) is 19.9. The van der Waals surface area contributed by atoms with E-state index in [1.165, 1.54) is 19.9 Å². The van der Waals surface area contributed by atoms with Gasteiger partial charge >= 0.3 is 18.3 Å². The maximum absolute atomic E-state index is 16.3. The third-order valence-electron chi connectivity index (χ3n) is 10.1. The number of pyridine rings is 1. The monoisotopic (exact) mass is 841 g/mol. The van der Waals surface area contributed by atoms with E-state index in [0.29, 0.717) is 36.1 Å². The van der Waals surface area contributed by atoms with Crippen LogP contribution in [-0.2, 0) is 39.5 Å². The maximum Gasteiger partial charge on any atom is 0.419 e. The Bertz CT molecular complexity index is 2090. The Morgan fingerprint density at radius 3 is 2.27 bits per heavy atom. The first kappa shape index (κ1) is 46.8. The number of aryl methyl sites for hydroxylation is 2. The third-order valence-corrected chi connectivity index (χ3v) is 10.1. The van der Waals surface area contributed by atoms with Crippen molar-refractivity contribution >= 4 is 11.9 Å². The lowest BCUT2D eigenvalue weighted by Crippen LogP contribution is -2.49. The molecule has 1 saturated heterocycles. The number of benzene rings is 2. The molecule has 1 amide bonds. The highest BCUT2D eigenvalue weighted by Gasteiger charge is 2.39. The Labute approximate surface area is 336 Å². The molecular weight excluding hydrogens is 793 g/mol. The molecule has 2 atom stereocenters. The Morgan fingerprint density at radius 1 is 1.00 bits per heavy atom. The number of nitrogens with one attached hydrogen (secondary N) is 1. The number of carbonyl (C=O) groups is 2. The standard InChI is InChI=1S/C43H48F9N3O4/c1-6-8-9-10-11-27-17-30(44)16-26(5)39(27)29-18-32(40(46)34(19-29)43(50,51)52)35(21-38(57)59-7-2)53-41(58)36(13-12-25(3)4)55-22-28(14-15-54-23-31(45)24-54)33(20-37(55)56)42(47,48)49/h6,8,16-20,22,31,35-36H,3,7,9-15,21,23-24H2,1-2,4-5H3,(H,53,58)/t35-,36-/m0/s1. The molecule has 0 radical (unpaired) electrons. The van der Waals surface area contributed by atoms with Crippen LogP contribution < -0.4 is 10.9 Å². The molecule has 4 rings (SSSR count). The Hall–Kier alpha value is -4.86. The summed E-state index contributed by atoms with van der Waals surface area (Å²) < 4.78 is 137. The number of hydrogen-bond acceptors (Lipinski definition) is 5. The van der Waals surface area contributed by atoms with Crippen LogP contribution in [0.2, 0.25) is 0 Å². The van der Waals surface area contributed by atoms with Crippen molar-refractivity contribution in [2.75, 3.05) is 26.2 Å². The predicted octanol–water partition coefficient (Wildman–Crippen LogP) is 9.94. The fraction of sp³-hybridized carbons (Fsp3) is 0.465. The quantitative estimate of drug-likeness (QED) is 0.0598. The van der Waals surface area contributed by atoms with E-state index in [4.69, 9.17) is 4.74 Å². The van der Waals surface area contributed by atoms with E-state index in [2.05, 4.69) is 11.9 Å². The van der Waals surface area contributed by atoms with Gasteiger partial charge in [-0.2, -0.15) is 26.3 Å². The van der Waals surface area contributed by atoms with E-state index in [1.54, 1.807) is 11.8 Å². The number of allylic oxidation sites excluding steroid dienone is 3. The number of likely N-dealkylation sites (tertiary alicyclic amines) is 1. The van der Waals surface area contributed by atoms with Crippen molar-refractivity contribution in [3.63, 3.8) is 0 Å². The Kier molecular flexibility index (Phi) is 15.8. The average molecular weight is 842 g/mol. The number of ether oxygens (including phenoxy) is 1. The van der Waals surface area contributed by atoms with Crippen LogP contribution in [0, 0.1) is 18.6 Å². The molecule has 1 aliphatic heterocycles. The minimum absolute atomic E-state index is 0.00807. The van der Waals surface area contributed by atoms with Crippen molar-refractivity contribution in [1.82, 2.24) is 14.8 Å². The molecule has 0 bridgehead atoms. The first-order valence-electron chi connectivity index (χ1n) is 19.2. The van der Waals surface area contributed by atoms with Crippen LogP contribution in [0.15, 0.2) is 65.6 Å². The smallest absolute Gasteiger partial charge is 0.419 e. The molecule has 7 nitrogen and oxygen atoms in total. The molecular formula is C43H48F9N3O4. The molecule has 2 aromatic carbocycles. The van der Waals surface area contributed by atoms with Crippen molar-refractivity contribution in [3.8, 4) is 11.1 Å². The maximum atomic E-state index is 16.3. The predicted molar refractivity (Wildman–Crippen MR) is 205 cm³/mol. The molecule has 2 heterocycles. The van der Waals surface area contributed by atoms with Gasteiger partial charge in [-0.1, -0.05) is 17.7 Å². The number of carbonyl (C=O) groups excluding carboxylic acids is 2. The Morgan fingerprint density at radius 2 is 1.68 bits per heavy atom. The zero-order chi connectivity index (χ0) is 43.8. The number of alkyl halides is 7. The summed E-state index contributed by atoms with van der Waals surface area (Å²) in [6.45, 7) is 9.96. The van der Waals surface area contributed by atoms with Crippen molar-refractivity contribution < 1.29 is 53.8 Å². The molecule has 1 aliphatic rings. The largest absolute Gasteiger partial charge is 0.466 e. The number of nitrogens with zero attached hydrogens (tertiary/aromatic N) is 2. The van der Waals surface area contributed by atoms with Crippen LogP contribution in [0.5, 0.6) is 0 Å². The van der Waals surface area contributed by atoms with Gasteiger partial charge in [-0.25, -0.2) is 13.2 Å². The first-order chi connectivity index (χ1) is 27.6. The summed E-state index contributed by atoms with van der Waals surface area (Å²) in [7, 11) is 0. The molecule has 0 saturated carbocycles. The molecule has 1 N–H and O–H groups in total. The van der Waals surface area contributed by atoms with Crippen LogP contribution in [0.4, 0.5) is 39.5 Å². The van der Waals surface area contributed by atoms with Gasteiger partial charge in [0.15, 0.2) is 0 Å². The molecule has 322 valence electrons. The van der Waals surface area contributed by atoms with E-state index in [0.717, 1.165) is 22.9 Å². The molecule has 16 heteroatoms. The molecule has 3 aromatic rings. The highest BCUT2D eigenvalue weighted by molar-refractivity contribution is 5.82. The van der Waals surface area contributed by atoms with E-state index < -0.39 is 82.8 Å². The molecule has 59 heavy (non-hydrogen) atoms. The van der Waals surface area contributed by atoms with Crippen LogP contribution in [0.1, 0.15) is 98.3 Å². The number of rotatable bonds is 18. The van der Waals surface area contributed by atoms with Crippen LogP contribution in [-0.4, -0.2) is 53.8 Å². The van der Waals surface area contributed by atoms with Gasteiger partial charge in [0.05, 0.1) is 30.2 Å². The summed E-state index contributed by atoms with van der Waals surface area (Å²) in [5.41, 5.74) is -4.31. The number of aromatic nitrogens is 1. The normalized spacial score (nSPS) is 14.9. The van der Waals surface area contributed by atoms with Crippen molar-refractivity contribution in [1.29, 1.82) is 0 Å². The zero-order valence-corrected chi connectivity index (χ0v) is 33.3. The third kappa shape index (κ3) is 12.3. The molecule has 1 fully saturated rings. The van der Waals surface area contributed by atoms with E-state index >= 15 is 4.39 Å². The fourth-order valence-electron chi connectivity index (χ4n) is 7.19. The zero-order valence-electron chi connectivity index (χ0n) is 33.3. The number of halogens is 9. The van der Waals surface area contributed by atoms with Gasteiger partial charge in [0.2, 0.25) is 5.91 Å². The molecule has 1 aromatic heterocycles. The Balaban J connectivity index is 1.89. The van der Waals surface area contributed by atoms with Gasteiger partial charge in [-0.05, 0) is 118 Å². The fourth-order valence-corrected chi connectivity index (χ4v) is 7.19. The summed E-state index contributed by atoms with van der Waals surface area (Å²) in [5, 5.41) is 2.42. The number of amides is 1. The summed E-state index contributed by atoms with van der Waals surface area (Å²) in [4.78, 5) is 42.3. The summed E-state index contributed by atoms with van der Waals surface area (Å²) in [6.07, 6.45) is -6.88. The average Bonchev–Trinajstić information content (AvgIpc) is 3.11. The van der Waals surface area contributed by atoms with Gasteiger partial charge < -0.3 is 14.6 Å². The van der Waals surface area contributed by atoms with Gasteiger partial charge in [0.1, 0.15) is 23.8 Å². The molecule has 0 aliphatic carbocycles. The number of hydrogen-bond donors (Lipinski definition) is 1. The summed E-state index contributed by atoms with van der Waals surface area (Å²) in [6, 6.07) is 0.746. The topological polar surface area (TPSA) is 80.6 Å². The lowest BCUT2D eigenvalue weighted by atomic mass is 9.88. The van der Waals surface area contributed by atoms with Gasteiger partial charge in [0.25, 0.3) is 5.56 Å². The van der Waals surface area contributed by atoms with Crippen molar-refractivity contribution in [2.24, 2.45) is 0 Å².